The van der Waals surface area contributed by atoms with E-state index >= 15 is 0 Å². The van der Waals surface area contributed by atoms with Crippen molar-refractivity contribution in [2.45, 2.75) is 12.8 Å². The van der Waals surface area contributed by atoms with Crippen LogP contribution in [0.25, 0.3) is 5.70 Å². The van der Waals surface area contributed by atoms with Crippen molar-refractivity contribution >= 4 is 23.5 Å². The summed E-state index contributed by atoms with van der Waals surface area (Å²) in [6.45, 7) is 0. The summed E-state index contributed by atoms with van der Waals surface area (Å²) < 4.78 is 19.1. The number of benzene rings is 2. The molecule has 0 N–H and O–H groups in total. The van der Waals surface area contributed by atoms with Crippen LogP contribution in [-0.2, 0) is 17.6 Å². The predicted molar refractivity (Wildman–Crippen MR) is 105 cm³/mol. The standard InChI is InChI=1S/C21H20ClFN2O/c1-25(2)21(20-14-24-10-11-26-20)19-13-17(22)9-8-16(19)7-6-15-4-3-5-18(23)12-15/h3-5,8-14H,6-7H2,1-2H3. The maximum atomic E-state index is 13.4. The highest BCUT2D eigenvalue weighted by Gasteiger charge is 2.17. The molecule has 0 atom stereocenters. The van der Waals surface area contributed by atoms with Crippen LogP contribution in [0.3, 0.4) is 0 Å². The number of nitrogens with zero attached hydrogens (tertiary/aromatic N) is 2. The van der Waals surface area contributed by atoms with E-state index in [9.17, 15) is 4.39 Å². The molecule has 134 valence electrons. The molecule has 0 amide bonds. The Kier molecular flexibility index (Phi) is 5.74. The summed E-state index contributed by atoms with van der Waals surface area (Å²) in [5, 5.41) is 0.651. The van der Waals surface area contributed by atoms with Crippen LogP contribution in [0.1, 0.15) is 16.7 Å². The van der Waals surface area contributed by atoms with E-state index in [1.807, 2.05) is 43.3 Å². The molecule has 3 nitrogen and oxygen atoms in total. The van der Waals surface area contributed by atoms with Gasteiger partial charge >= 0.3 is 0 Å². The maximum Gasteiger partial charge on any atom is 0.168 e. The van der Waals surface area contributed by atoms with Crippen LogP contribution < -0.4 is 0 Å². The average Bonchev–Trinajstić information content (AvgIpc) is 2.62. The van der Waals surface area contributed by atoms with Gasteiger partial charge in [-0.3, -0.25) is 4.99 Å². The van der Waals surface area contributed by atoms with Gasteiger partial charge in [0, 0.05) is 24.7 Å². The highest BCUT2D eigenvalue weighted by Crippen LogP contribution is 2.29. The first kappa shape index (κ1) is 18.2. The number of aryl methyl sites for hydroxylation is 2. The summed E-state index contributed by atoms with van der Waals surface area (Å²) in [6, 6.07) is 12.5. The van der Waals surface area contributed by atoms with Crippen molar-refractivity contribution in [2.75, 3.05) is 14.1 Å². The lowest BCUT2D eigenvalue weighted by atomic mass is 9.97. The van der Waals surface area contributed by atoms with E-state index in [1.54, 1.807) is 30.8 Å². The lowest BCUT2D eigenvalue weighted by Gasteiger charge is -2.23. The largest absolute Gasteiger partial charge is 0.460 e. The Balaban J connectivity index is 1.97. The summed E-state index contributed by atoms with van der Waals surface area (Å²) >= 11 is 6.26. The fraction of sp³-hybridized carbons (Fsp3) is 0.190. The SMILES string of the molecule is CN(C)C(=C1C=NC=CO1)c1cc(Cl)ccc1CCc1cccc(F)c1. The van der Waals surface area contributed by atoms with Crippen LogP contribution >= 0.6 is 11.6 Å². The molecule has 0 spiro atoms. The first-order chi connectivity index (χ1) is 12.5. The third kappa shape index (κ3) is 4.33. The minimum atomic E-state index is -0.214. The molecule has 0 aliphatic carbocycles. The Hall–Kier alpha value is -2.59. The molecular formula is C21H20ClFN2O. The smallest absolute Gasteiger partial charge is 0.168 e. The van der Waals surface area contributed by atoms with E-state index in [0.717, 1.165) is 35.2 Å². The normalized spacial score (nSPS) is 14.9. The van der Waals surface area contributed by atoms with E-state index < -0.39 is 0 Å². The molecule has 2 aromatic carbocycles. The molecule has 1 aliphatic heterocycles. The highest BCUT2D eigenvalue weighted by atomic mass is 35.5. The van der Waals surface area contributed by atoms with Gasteiger partial charge in [0.15, 0.2) is 5.76 Å². The second-order valence-corrected chi connectivity index (χ2v) is 6.66. The maximum absolute atomic E-state index is 13.4. The van der Waals surface area contributed by atoms with E-state index in [-0.39, 0.29) is 5.82 Å². The van der Waals surface area contributed by atoms with Crippen LogP contribution in [0, 0.1) is 5.82 Å². The van der Waals surface area contributed by atoms with Crippen molar-refractivity contribution in [1.82, 2.24) is 4.90 Å². The molecule has 26 heavy (non-hydrogen) atoms. The highest BCUT2D eigenvalue weighted by molar-refractivity contribution is 6.30. The molecule has 0 bridgehead atoms. The van der Waals surface area contributed by atoms with Crippen LogP contribution in [0.4, 0.5) is 4.39 Å². The molecule has 0 fully saturated rings. The molecule has 0 saturated heterocycles. The van der Waals surface area contributed by atoms with Crippen LogP contribution in [0.5, 0.6) is 0 Å². The molecule has 2 aromatic rings. The van der Waals surface area contributed by atoms with Gasteiger partial charge in [-0.25, -0.2) is 4.39 Å². The Bertz CT molecular complexity index is 887. The molecule has 0 saturated carbocycles. The van der Waals surface area contributed by atoms with Crippen LogP contribution in [0.2, 0.25) is 5.02 Å². The van der Waals surface area contributed by atoms with Gasteiger partial charge in [0.2, 0.25) is 0 Å². The summed E-state index contributed by atoms with van der Waals surface area (Å²) in [6.07, 6.45) is 6.33. The third-order valence-corrected chi connectivity index (χ3v) is 4.35. The van der Waals surface area contributed by atoms with Gasteiger partial charge < -0.3 is 9.64 Å². The number of ether oxygens (including phenoxy) is 1. The number of aliphatic imine (C=N–C) groups is 1. The zero-order valence-corrected chi connectivity index (χ0v) is 15.5. The topological polar surface area (TPSA) is 24.8 Å². The Morgan fingerprint density at radius 1 is 1.15 bits per heavy atom. The lowest BCUT2D eigenvalue weighted by Crippen LogP contribution is -2.16. The Morgan fingerprint density at radius 3 is 2.69 bits per heavy atom. The van der Waals surface area contributed by atoms with E-state index in [4.69, 9.17) is 16.3 Å². The molecule has 1 aliphatic rings. The predicted octanol–water partition coefficient (Wildman–Crippen LogP) is 5.07. The molecule has 0 radical (unpaired) electrons. The second kappa shape index (κ2) is 8.19. The van der Waals surface area contributed by atoms with E-state index in [2.05, 4.69) is 4.99 Å². The molecule has 1 heterocycles. The summed E-state index contributed by atoms with van der Waals surface area (Å²) in [5.74, 6) is 0.445. The second-order valence-electron chi connectivity index (χ2n) is 6.22. The van der Waals surface area contributed by atoms with Crippen molar-refractivity contribution in [3.05, 3.63) is 88.2 Å². The summed E-state index contributed by atoms with van der Waals surface area (Å²) in [4.78, 5) is 6.14. The van der Waals surface area contributed by atoms with Gasteiger partial charge in [0.25, 0.3) is 0 Å². The van der Waals surface area contributed by atoms with E-state index in [1.165, 1.54) is 6.07 Å². The van der Waals surface area contributed by atoms with Crippen molar-refractivity contribution in [2.24, 2.45) is 4.99 Å². The summed E-state index contributed by atoms with van der Waals surface area (Å²) in [7, 11) is 3.91. The van der Waals surface area contributed by atoms with Gasteiger partial charge in [-0.1, -0.05) is 29.8 Å². The van der Waals surface area contributed by atoms with Crippen LogP contribution in [-0.4, -0.2) is 25.2 Å². The fourth-order valence-corrected chi connectivity index (χ4v) is 3.12. The lowest BCUT2D eigenvalue weighted by molar-refractivity contribution is 0.367. The van der Waals surface area contributed by atoms with Crippen molar-refractivity contribution in [3.8, 4) is 0 Å². The van der Waals surface area contributed by atoms with Gasteiger partial charge in [0.1, 0.15) is 12.1 Å². The average molecular weight is 371 g/mol. The Labute approximate surface area is 158 Å². The fourth-order valence-electron chi connectivity index (χ4n) is 2.95. The van der Waals surface area contributed by atoms with Crippen LogP contribution in [0.15, 0.2) is 65.7 Å². The minimum Gasteiger partial charge on any atom is -0.460 e. The number of rotatable bonds is 5. The third-order valence-electron chi connectivity index (χ3n) is 4.11. The molecule has 0 aromatic heterocycles. The molecule has 5 heteroatoms. The number of halogens is 2. The van der Waals surface area contributed by atoms with Crippen molar-refractivity contribution < 1.29 is 9.13 Å². The molecular weight excluding hydrogens is 351 g/mol. The first-order valence-electron chi connectivity index (χ1n) is 8.34. The Morgan fingerprint density at radius 2 is 2.00 bits per heavy atom. The van der Waals surface area contributed by atoms with Crippen molar-refractivity contribution in [1.29, 1.82) is 0 Å². The van der Waals surface area contributed by atoms with E-state index in [0.29, 0.717) is 10.8 Å². The van der Waals surface area contributed by atoms with Gasteiger partial charge in [-0.05, 0) is 48.2 Å². The number of hydrogen-bond donors (Lipinski definition) is 0. The molecule has 3 rings (SSSR count). The van der Waals surface area contributed by atoms with Gasteiger partial charge in [0.05, 0.1) is 18.1 Å². The molecule has 0 unspecified atom stereocenters. The summed E-state index contributed by atoms with van der Waals surface area (Å²) in [5.41, 5.74) is 3.95. The zero-order chi connectivity index (χ0) is 18.5. The first-order valence-corrected chi connectivity index (χ1v) is 8.72. The monoisotopic (exact) mass is 370 g/mol. The quantitative estimate of drug-likeness (QED) is 0.734. The zero-order valence-electron chi connectivity index (χ0n) is 14.7. The van der Waals surface area contributed by atoms with Gasteiger partial charge in [-0.15, -0.1) is 0 Å². The number of allylic oxidation sites excluding steroid dienone is 1. The number of hydrogen-bond acceptors (Lipinski definition) is 3. The van der Waals surface area contributed by atoms with Crippen molar-refractivity contribution in [3.63, 3.8) is 0 Å². The minimum absolute atomic E-state index is 0.214. The van der Waals surface area contributed by atoms with Gasteiger partial charge in [-0.2, -0.15) is 0 Å².